The highest BCUT2D eigenvalue weighted by atomic mass is 16.5. The summed E-state index contributed by atoms with van der Waals surface area (Å²) < 4.78 is 5.41. The summed E-state index contributed by atoms with van der Waals surface area (Å²) >= 11 is 0. The van der Waals surface area contributed by atoms with Crippen molar-refractivity contribution in [1.29, 1.82) is 0 Å². The third kappa shape index (κ3) is 12.5. The Morgan fingerprint density at radius 3 is 1.77 bits per heavy atom. The summed E-state index contributed by atoms with van der Waals surface area (Å²) in [6.07, 6.45) is 23.7. The molecule has 0 spiro atoms. The van der Waals surface area contributed by atoms with Crippen LogP contribution in [0, 0.1) is 10.8 Å². The molecule has 0 heterocycles. The average Bonchev–Trinajstić information content (AvgIpc) is 2.90. The van der Waals surface area contributed by atoms with Crippen LogP contribution in [0.3, 0.4) is 0 Å². The van der Waals surface area contributed by atoms with Crippen molar-refractivity contribution in [2.45, 2.75) is 125 Å². The monoisotopic (exact) mass is 658 g/mol. The van der Waals surface area contributed by atoms with Crippen LogP contribution in [0.25, 0.3) is 0 Å². The first kappa shape index (κ1) is 40.6. The molecule has 3 N–H and O–H groups in total. The second kappa shape index (κ2) is 16.7. The lowest BCUT2D eigenvalue weighted by molar-refractivity contribution is -0.152. The number of hydrogen-bond donors (Lipinski definition) is 3. The van der Waals surface area contributed by atoms with Crippen LogP contribution < -0.4 is 0 Å². The Morgan fingerprint density at radius 1 is 0.708 bits per heavy atom. The largest absolute Gasteiger partial charge is 0.462 e. The summed E-state index contributed by atoms with van der Waals surface area (Å²) in [5, 5.41) is 32.1. The number of rotatable bonds is 10. The average molecular weight is 659 g/mol. The summed E-state index contributed by atoms with van der Waals surface area (Å²) in [6.45, 7) is 20.6. The highest BCUT2D eigenvalue weighted by Gasteiger charge is 2.46. The van der Waals surface area contributed by atoms with E-state index in [4.69, 9.17) is 4.74 Å². The van der Waals surface area contributed by atoms with E-state index in [-0.39, 0.29) is 29.7 Å². The Bertz CT molecular complexity index is 1480. The Hall–Kier alpha value is -3.54. The van der Waals surface area contributed by atoms with Crippen LogP contribution in [0.15, 0.2) is 112 Å². The molecular weight excluding hydrogens is 600 g/mol. The fourth-order valence-corrected chi connectivity index (χ4v) is 6.89. The predicted octanol–water partition coefficient (Wildman–Crippen LogP) is 8.45. The summed E-state index contributed by atoms with van der Waals surface area (Å²) in [6, 6.07) is 0. The van der Waals surface area contributed by atoms with E-state index in [9.17, 15) is 24.9 Å². The Labute approximate surface area is 289 Å². The van der Waals surface area contributed by atoms with Crippen molar-refractivity contribution in [1.82, 2.24) is 0 Å². The number of aliphatic hydroxyl groups is 3. The van der Waals surface area contributed by atoms with Crippen molar-refractivity contribution in [3.63, 3.8) is 0 Å². The number of aliphatic hydroxyl groups excluding tert-OH is 1. The number of allylic oxidation sites excluding steroid dienone is 15. The molecule has 4 atom stereocenters. The van der Waals surface area contributed by atoms with Gasteiger partial charge in [0.25, 0.3) is 0 Å². The zero-order chi connectivity index (χ0) is 36.5. The number of ether oxygens (including phenoxy) is 1. The maximum absolute atomic E-state index is 12.9. The lowest BCUT2D eigenvalue weighted by Gasteiger charge is -2.45. The van der Waals surface area contributed by atoms with Crippen molar-refractivity contribution >= 4 is 11.8 Å². The van der Waals surface area contributed by atoms with Crippen molar-refractivity contribution in [2.75, 3.05) is 0 Å². The minimum Gasteiger partial charge on any atom is -0.462 e. The second-order valence-electron chi connectivity index (χ2n) is 15.3. The Balaban J connectivity index is 2.01. The van der Waals surface area contributed by atoms with E-state index in [1.165, 1.54) is 6.92 Å². The van der Waals surface area contributed by atoms with E-state index in [1.807, 2.05) is 109 Å². The van der Waals surface area contributed by atoms with E-state index < -0.39 is 22.7 Å². The molecule has 2 fully saturated rings. The van der Waals surface area contributed by atoms with Gasteiger partial charge in [-0.1, -0.05) is 99.6 Å². The van der Waals surface area contributed by atoms with Crippen LogP contribution in [0.1, 0.15) is 102 Å². The summed E-state index contributed by atoms with van der Waals surface area (Å²) in [4.78, 5) is 24.3. The number of esters is 1. The van der Waals surface area contributed by atoms with Crippen LogP contribution >= 0.6 is 0 Å². The highest BCUT2D eigenvalue weighted by Crippen LogP contribution is 2.47. The van der Waals surface area contributed by atoms with E-state index in [2.05, 4.69) is 5.73 Å². The van der Waals surface area contributed by atoms with Crippen molar-refractivity contribution in [3.8, 4) is 0 Å². The van der Waals surface area contributed by atoms with Crippen molar-refractivity contribution < 1.29 is 29.6 Å². The van der Waals surface area contributed by atoms with Crippen LogP contribution in [-0.4, -0.2) is 50.5 Å². The Kier molecular flexibility index (Phi) is 14.2. The molecule has 0 radical (unpaired) electrons. The number of carbonyl (C=O) groups is 2. The molecule has 6 nitrogen and oxygen atoms in total. The summed E-state index contributed by atoms with van der Waals surface area (Å²) in [5.41, 5.74) is 5.31. The lowest BCUT2D eigenvalue weighted by atomic mass is 9.64. The van der Waals surface area contributed by atoms with Crippen LogP contribution in [0.2, 0.25) is 0 Å². The maximum Gasteiger partial charge on any atom is 0.302 e. The molecule has 48 heavy (non-hydrogen) atoms. The predicted molar refractivity (Wildman–Crippen MR) is 196 cm³/mol. The van der Waals surface area contributed by atoms with Gasteiger partial charge in [0.2, 0.25) is 0 Å². The fourth-order valence-electron chi connectivity index (χ4n) is 6.89. The standard InChI is InChI=1S/C42H58O6/c1-29(18-14-19-31(3)22-23-37-40(8,9)27-35(48-33(5)43)28-42(37,11)47)16-12-13-17-30(2)20-15-21-32(4)36(45)24-38-39(6,7)25-34(44)26-41(38,10)46/h12-22,24,34-35,44,46-47H,25-28H2,1-11H3/b13-12+,18-14+,20-15+,29-16+,30-17+,31-19+,32-21+,38-24-/t23?,34-,35-,41+,42+/m0/s1. The van der Waals surface area contributed by atoms with Crippen LogP contribution in [0.4, 0.5) is 0 Å². The molecule has 0 bridgehead atoms. The maximum atomic E-state index is 12.9. The van der Waals surface area contributed by atoms with Crippen molar-refractivity contribution in [2.24, 2.45) is 10.8 Å². The van der Waals surface area contributed by atoms with Crippen LogP contribution in [-0.2, 0) is 14.3 Å². The van der Waals surface area contributed by atoms with Gasteiger partial charge in [0, 0.05) is 25.3 Å². The number of ketones is 1. The van der Waals surface area contributed by atoms with Crippen molar-refractivity contribution in [3.05, 3.63) is 112 Å². The van der Waals surface area contributed by atoms with Gasteiger partial charge < -0.3 is 20.1 Å². The number of hydrogen-bond acceptors (Lipinski definition) is 6. The molecule has 0 amide bonds. The molecular formula is C42H58O6. The van der Waals surface area contributed by atoms with Gasteiger partial charge in [-0.3, -0.25) is 9.59 Å². The second-order valence-corrected chi connectivity index (χ2v) is 15.3. The molecule has 0 aromatic carbocycles. The van der Waals surface area contributed by atoms with Gasteiger partial charge in [0.05, 0.1) is 17.3 Å². The summed E-state index contributed by atoms with van der Waals surface area (Å²) in [7, 11) is 0. The third-order valence-corrected chi connectivity index (χ3v) is 8.96. The minimum absolute atomic E-state index is 0.148. The van der Waals surface area contributed by atoms with Crippen LogP contribution in [0.5, 0.6) is 0 Å². The first-order valence-corrected chi connectivity index (χ1v) is 16.8. The molecule has 2 aliphatic carbocycles. The molecule has 2 rings (SSSR count). The molecule has 6 heteroatoms. The molecule has 0 aromatic heterocycles. The molecule has 0 aromatic rings. The molecule has 262 valence electrons. The molecule has 0 aliphatic heterocycles. The van der Waals surface area contributed by atoms with Gasteiger partial charge in [0.1, 0.15) is 6.10 Å². The normalized spacial score (nSPS) is 29.5. The first-order valence-electron chi connectivity index (χ1n) is 16.8. The molecule has 2 aliphatic rings. The van der Waals surface area contributed by atoms with E-state index in [0.717, 1.165) is 22.3 Å². The van der Waals surface area contributed by atoms with E-state index in [1.54, 1.807) is 32.9 Å². The van der Waals surface area contributed by atoms with Gasteiger partial charge in [0.15, 0.2) is 5.78 Å². The van der Waals surface area contributed by atoms with Gasteiger partial charge in [-0.05, 0) is 94.1 Å². The lowest BCUT2D eigenvalue weighted by Crippen LogP contribution is -2.46. The van der Waals surface area contributed by atoms with Gasteiger partial charge in [-0.25, -0.2) is 0 Å². The SMILES string of the molecule is CC(=O)O[C@H]1CC(C)(C)C(=C=C/C(C)=C/C=C/C(C)=C/C=C/C=C(C)/C=C/C=C(\C)C(=O)/C=C2/C(C)(C)C[C@H](O)C[C@@]2(C)O)[C@](C)(O)C1. The Morgan fingerprint density at radius 2 is 1.25 bits per heavy atom. The van der Waals surface area contributed by atoms with Gasteiger partial charge in [-0.2, -0.15) is 0 Å². The summed E-state index contributed by atoms with van der Waals surface area (Å²) in [5.74, 6) is -0.479. The third-order valence-electron chi connectivity index (χ3n) is 8.96. The van der Waals surface area contributed by atoms with E-state index in [0.29, 0.717) is 30.4 Å². The highest BCUT2D eigenvalue weighted by molar-refractivity contribution is 6.04. The zero-order valence-corrected chi connectivity index (χ0v) is 31.0. The zero-order valence-electron chi connectivity index (χ0n) is 31.0. The fraction of sp³-hybridized carbons (Fsp3) is 0.500. The van der Waals surface area contributed by atoms with Gasteiger partial charge in [-0.15, -0.1) is 5.73 Å². The first-order chi connectivity index (χ1) is 22.1. The quantitative estimate of drug-likeness (QED) is 0.0942. The van der Waals surface area contributed by atoms with Gasteiger partial charge >= 0.3 is 5.97 Å². The molecule has 0 saturated heterocycles. The topological polar surface area (TPSA) is 104 Å². The molecule has 2 saturated carbocycles. The molecule has 0 unspecified atom stereocenters. The smallest absolute Gasteiger partial charge is 0.302 e. The number of carbonyl (C=O) groups excluding carboxylic acids is 2. The minimum atomic E-state index is -1.22. The van der Waals surface area contributed by atoms with E-state index >= 15 is 0 Å².